The minimum atomic E-state index is 1.08. The highest BCUT2D eigenvalue weighted by Gasteiger charge is 2.02. The molecule has 0 heterocycles. The van der Waals surface area contributed by atoms with E-state index in [1.165, 1.54) is 38.2 Å². The van der Waals surface area contributed by atoms with Crippen LogP contribution in [0, 0.1) is 0 Å². The van der Waals surface area contributed by atoms with E-state index in [9.17, 15) is 0 Å². The van der Waals surface area contributed by atoms with Crippen LogP contribution in [-0.4, -0.2) is 0 Å². The van der Waals surface area contributed by atoms with Crippen LogP contribution in [0.25, 0.3) is 32.7 Å². The molecular formula is C22H18. The average Bonchev–Trinajstić information content (AvgIpc) is 2.59. The van der Waals surface area contributed by atoms with Gasteiger partial charge in [-0.1, -0.05) is 67.6 Å². The molecule has 0 heteroatoms. The number of hydrogen-bond donors (Lipinski definition) is 0. The van der Waals surface area contributed by atoms with E-state index in [0.29, 0.717) is 0 Å². The maximum absolute atomic E-state index is 2.31. The van der Waals surface area contributed by atoms with E-state index in [0.717, 1.165) is 6.42 Å². The molecule has 0 fully saturated rings. The Balaban J connectivity index is 1.91. The Kier molecular flexibility index (Phi) is 3.16. The van der Waals surface area contributed by atoms with Gasteiger partial charge in [0.25, 0.3) is 0 Å². The summed E-state index contributed by atoms with van der Waals surface area (Å²) in [5, 5.41) is 5.26. The lowest BCUT2D eigenvalue weighted by Gasteiger charge is -2.07. The lowest BCUT2D eigenvalue weighted by Crippen LogP contribution is -1.83. The van der Waals surface area contributed by atoms with Crippen LogP contribution in [0.5, 0.6) is 0 Å². The van der Waals surface area contributed by atoms with Crippen LogP contribution in [0.4, 0.5) is 0 Å². The van der Waals surface area contributed by atoms with E-state index in [2.05, 4.69) is 85.8 Å². The Morgan fingerprint density at radius 2 is 1.23 bits per heavy atom. The van der Waals surface area contributed by atoms with Crippen LogP contribution < -0.4 is 0 Å². The molecule has 0 N–H and O–H groups in total. The summed E-state index contributed by atoms with van der Waals surface area (Å²) in [6.45, 7) is 2.20. The first kappa shape index (κ1) is 13.1. The highest BCUT2D eigenvalue weighted by molar-refractivity contribution is 5.99. The van der Waals surface area contributed by atoms with Gasteiger partial charge in [-0.25, -0.2) is 0 Å². The molecule has 0 atom stereocenters. The van der Waals surface area contributed by atoms with Crippen LogP contribution in [0.2, 0.25) is 0 Å². The molecule has 22 heavy (non-hydrogen) atoms. The predicted octanol–water partition coefficient (Wildman–Crippen LogP) is 6.22. The fraction of sp³-hybridized carbons (Fsp3) is 0.0909. The van der Waals surface area contributed by atoms with E-state index < -0.39 is 0 Å². The summed E-state index contributed by atoms with van der Waals surface area (Å²) in [5.41, 5.74) is 3.94. The highest BCUT2D eigenvalue weighted by Crippen LogP contribution is 2.28. The van der Waals surface area contributed by atoms with Gasteiger partial charge in [0.1, 0.15) is 0 Å². The zero-order valence-electron chi connectivity index (χ0n) is 12.7. The third kappa shape index (κ3) is 2.27. The van der Waals surface area contributed by atoms with Crippen molar-refractivity contribution in [1.29, 1.82) is 0 Å². The molecule has 0 aromatic heterocycles. The third-order valence-electron chi connectivity index (χ3n) is 4.38. The molecule has 0 bridgehead atoms. The maximum atomic E-state index is 2.31. The number of aryl methyl sites for hydroxylation is 1. The standard InChI is InChI=1S/C22H18/c1-2-16-8-9-19-15-22-13-18(17-6-4-3-5-7-17)10-11-20(22)14-21(19)12-16/h3-15H,2H2,1H3. The second-order valence-electron chi connectivity index (χ2n) is 5.82. The molecule has 0 nitrogen and oxygen atoms in total. The first-order valence-electron chi connectivity index (χ1n) is 7.85. The van der Waals surface area contributed by atoms with E-state index in [4.69, 9.17) is 0 Å². The van der Waals surface area contributed by atoms with Gasteiger partial charge in [-0.15, -0.1) is 0 Å². The Labute approximate surface area is 131 Å². The molecule has 0 saturated heterocycles. The van der Waals surface area contributed by atoms with Crippen molar-refractivity contribution in [2.75, 3.05) is 0 Å². The third-order valence-corrected chi connectivity index (χ3v) is 4.38. The van der Waals surface area contributed by atoms with Crippen molar-refractivity contribution in [3.8, 4) is 11.1 Å². The lowest BCUT2D eigenvalue weighted by molar-refractivity contribution is 1.15. The number of benzene rings is 4. The summed E-state index contributed by atoms with van der Waals surface area (Å²) in [4.78, 5) is 0. The van der Waals surface area contributed by atoms with E-state index in [-0.39, 0.29) is 0 Å². The first-order chi connectivity index (χ1) is 10.8. The summed E-state index contributed by atoms with van der Waals surface area (Å²) >= 11 is 0. The van der Waals surface area contributed by atoms with Crippen LogP contribution in [-0.2, 0) is 6.42 Å². The molecule has 4 rings (SSSR count). The number of fused-ring (bicyclic) bond motifs is 2. The minimum absolute atomic E-state index is 1.08. The van der Waals surface area contributed by atoms with Crippen molar-refractivity contribution < 1.29 is 0 Å². The molecule has 106 valence electrons. The number of hydrogen-bond acceptors (Lipinski definition) is 0. The van der Waals surface area contributed by atoms with E-state index in [1.807, 2.05) is 0 Å². The summed E-state index contributed by atoms with van der Waals surface area (Å²) < 4.78 is 0. The lowest BCUT2D eigenvalue weighted by atomic mass is 9.97. The van der Waals surface area contributed by atoms with Crippen molar-refractivity contribution in [2.45, 2.75) is 13.3 Å². The van der Waals surface area contributed by atoms with Crippen molar-refractivity contribution >= 4 is 21.5 Å². The van der Waals surface area contributed by atoms with Gasteiger partial charge in [0.2, 0.25) is 0 Å². The van der Waals surface area contributed by atoms with Crippen LogP contribution in [0.3, 0.4) is 0 Å². The molecule has 0 saturated carbocycles. The average molecular weight is 282 g/mol. The van der Waals surface area contributed by atoms with Gasteiger partial charge >= 0.3 is 0 Å². The highest BCUT2D eigenvalue weighted by atomic mass is 14.1. The summed E-state index contributed by atoms with van der Waals surface area (Å²) in [5.74, 6) is 0. The Hall–Kier alpha value is -2.60. The zero-order valence-corrected chi connectivity index (χ0v) is 12.7. The van der Waals surface area contributed by atoms with Gasteiger partial charge in [0, 0.05) is 0 Å². The SMILES string of the molecule is CCc1ccc2cc3cc(-c4ccccc4)ccc3cc2c1. The largest absolute Gasteiger partial charge is 0.0622 e. The first-order valence-corrected chi connectivity index (χ1v) is 7.85. The van der Waals surface area contributed by atoms with E-state index >= 15 is 0 Å². The second-order valence-corrected chi connectivity index (χ2v) is 5.82. The summed E-state index contributed by atoms with van der Waals surface area (Å²) in [7, 11) is 0. The topological polar surface area (TPSA) is 0 Å². The van der Waals surface area contributed by atoms with Crippen LogP contribution >= 0.6 is 0 Å². The minimum Gasteiger partial charge on any atom is -0.0622 e. The molecule has 0 unspecified atom stereocenters. The fourth-order valence-electron chi connectivity index (χ4n) is 3.08. The normalized spacial score (nSPS) is 11.1. The predicted molar refractivity (Wildman–Crippen MR) is 96.3 cm³/mol. The van der Waals surface area contributed by atoms with Crippen molar-refractivity contribution in [2.24, 2.45) is 0 Å². The zero-order chi connectivity index (χ0) is 14.9. The van der Waals surface area contributed by atoms with Crippen molar-refractivity contribution in [1.82, 2.24) is 0 Å². The van der Waals surface area contributed by atoms with Gasteiger partial charge < -0.3 is 0 Å². The van der Waals surface area contributed by atoms with Gasteiger partial charge in [0.15, 0.2) is 0 Å². The molecule has 0 aliphatic heterocycles. The second kappa shape index (κ2) is 5.31. The van der Waals surface area contributed by atoms with Gasteiger partial charge in [-0.2, -0.15) is 0 Å². The molecule has 0 radical (unpaired) electrons. The molecule has 0 aliphatic rings. The summed E-state index contributed by atoms with van der Waals surface area (Å²) in [6.07, 6.45) is 1.08. The molecule has 4 aromatic carbocycles. The van der Waals surface area contributed by atoms with Gasteiger partial charge in [-0.05, 0) is 62.9 Å². The maximum Gasteiger partial charge on any atom is -0.0171 e. The Morgan fingerprint density at radius 1 is 0.545 bits per heavy atom. The smallest absolute Gasteiger partial charge is 0.0171 e. The number of rotatable bonds is 2. The van der Waals surface area contributed by atoms with Crippen molar-refractivity contribution in [3.63, 3.8) is 0 Å². The molecule has 4 aromatic rings. The quantitative estimate of drug-likeness (QED) is 0.383. The monoisotopic (exact) mass is 282 g/mol. The Morgan fingerprint density at radius 3 is 1.95 bits per heavy atom. The van der Waals surface area contributed by atoms with Crippen molar-refractivity contribution in [3.05, 3.63) is 84.4 Å². The van der Waals surface area contributed by atoms with E-state index in [1.54, 1.807) is 0 Å². The summed E-state index contributed by atoms with van der Waals surface area (Å²) in [6, 6.07) is 28.7. The Bertz CT molecular complexity index is 949. The van der Waals surface area contributed by atoms with Gasteiger partial charge in [-0.3, -0.25) is 0 Å². The molecule has 0 amide bonds. The molecular weight excluding hydrogens is 264 g/mol. The molecule has 0 spiro atoms. The van der Waals surface area contributed by atoms with Crippen LogP contribution in [0.1, 0.15) is 12.5 Å². The fourth-order valence-corrected chi connectivity index (χ4v) is 3.08. The van der Waals surface area contributed by atoms with Crippen LogP contribution in [0.15, 0.2) is 78.9 Å². The van der Waals surface area contributed by atoms with Gasteiger partial charge in [0.05, 0.1) is 0 Å². The molecule has 0 aliphatic carbocycles.